The minimum atomic E-state index is -1.05. The SMILES string of the molecule is COCC(=O)N1CCC(O)(c2cccc(F)c2)CC1. The maximum Gasteiger partial charge on any atom is 0.248 e. The van der Waals surface area contributed by atoms with Crippen LogP contribution in [0, 0.1) is 5.82 Å². The molecule has 0 aromatic heterocycles. The number of likely N-dealkylation sites (tertiary alicyclic amines) is 1. The highest BCUT2D eigenvalue weighted by Crippen LogP contribution is 2.33. The zero-order chi connectivity index (χ0) is 13.9. The van der Waals surface area contributed by atoms with Gasteiger partial charge < -0.3 is 14.7 Å². The maximum absolute atomic E-state index is 13.2. The predicted molar refractivity (Wildman–Crippen MR) is 68.0 cm³/mol. The fourth-order valence-corrected chi connectivity index (χ4v) is 2.41. The highest BCUT2D eigenvalue weighted by atomic mass is 19.1. The largest absolute Gasteiger partial charge is 0.385 e. The van der Waals surface area contributed by atoms with Crippen molar-refractivity contribution < 1.29 is 19.0 Å². The molecule has 1 amide bonds. The number of nitrogens with zero attached hydrogens (tertiary/aromatic N) is 1. The first-order valence-electron chi connectivity index (χ1n) is 6.30. The van der Waals surface area contributed by atoms with E-state index in [1.165, 1.54) is 19.2 Å². The molecule has 1 saturated heterocycles. The van der Waals surface area contributed by atoms with Gasteiger partial charge in [-0.3, -0.25) is 4.79 Å². The molecule has 104 valence electrons. The molecular formula is C14H18FNO3. The zero-order valence-electron chi connectivity index (χ0n) is 10.9. The molecule has 1 aliphatic heterocycles. The molecular weight excluding hydrogens is 249 g/mol. The number of carbonyl (C=O) groups excluding carboxylic acids is 1. The van der Waals surface area contributed by atoms with Gasteiger partial charge in [-0.05, 0) is 30.5 Å². The Morgan fingerprint density at radius 1 is 1.47 bits per heavy atom. The Kier molecular flexibility index (Phi) is 4.17. The molecule has 1 N–H and O–H groups in total. The number of methoxy groups -OCH3 is 1. The number of aliphatic hydroxyl groups is 1. The van der Waals surface area contributed by atoms with E-state index in [4.69, 9.17) is 4.74 Å². The molecule has 4 nitrogen and oxygen atoms in total. The molecule has 19 heavy (non-hydrogen) atoms. The van der Waals surface area contributed by atoms with E-state index in [-0.39, 0.29) is 18.3 Å². The number of rotatable bonds is 3. The van der Waals surface area contributed by atoms with Crippen LogP contribution in [0.4, 0.5) is 4.39 Å². The van der Waals surface area contributed by atoms with Crippen molar-refractivity contribution in [3.8, 4) is 0 Å². The summed E-state index contributed by atoms with van der Waals surface area (Å²) < 4.78 is 18.0. The van der Waals surface area contributed by atoms with Gasteiger partial charge in [0.05, 0.1) is 5.60 Å². The third kappa shape index (κ3) is 3.11. The lowest BCUT2D eigenvalue weighted by Gasteiger charge is -2.38. The second kappa shape index (κ2) is 5.67. The van der Waals surface area contributed by atoms with E-state index in [9.17, 15) is 14.3 Å². The third-order valence-corrected chi connectivity index (χ3v) is 3.57. The summed E-state index contributed by atoms with van der Waals surface area (Å²) in [6.45, 7) is 0.961. The second-order valence-electron chi connectivity index (χ2n) is 4.86. The standard InChI is InChI=1S/C14H18FNO3/c1-19-10-13(17)16-7-5-14(18,6-8-16)11-3-2-4-12(15)9-11/h2-4,9,18H,5-8,10H2,1H3. The average Bonchev–Trinajstić information content (AvgIpc) is 2.40. The smallest absolute Gasteiger partial charge is 0.248 e. The Morgan fingerprint density at radius 2 is 2.16 bits per heavy atom. The van der Waals surface area contributed by atoms with Crippen molar-refractivity contribution in [3.63, 3.8) is 0 Å². The van der Waals surface area contributed by atoms with E-state index in [0.717, 1.165) is 0 Å². The van der Waals surface area contributed by atoms with Crippen molar-refractivity contribution in [2.24, 2.45) is 0 Å². The van der Waals surface area contributed by atoms with Gasteiger partial charge >= 0.3 is 0 Å². The number of ether oxygens (including phenoxy) is 1. The van der Waals surface area contributed by atoms with E-state index >= 15 is 0 Å². The van der Waals surface area contributed by atoms with Crippen LogP contribution in [-0.2, 0) is 15.1 Å². The second-order valence-corrected chi connectivity index (χ2v) is 4.86. The Balaban J connectivity index is 2.04. The van der Waals surface area contributed by atoms with Crippen molar-refractivity contribution in [1.29, 1.82) is 0 Å². The summed E-state index contributed by atoms with van der Waals surface area (Å²) in [6.07, 6.45) is 0.817. The molecule has 0 bridgehead atoms. The first kappa shape index (κ1) is 14.0. The lowest BCUT2D eigenvalue weighted by molar-refractivity contribution is -0.139. The van der Waals surface area contributed by atoms with E-state index < -0.39 is 5.60 Å². The van der Waals surface area contributed by atoms with E-state index in [1.54, 1.807) is 17.0 Å². The summed E-state index contributed by atoms with van der Waals surface area (Å²) in [6, 6.07) is 6.01. The van der Waals surface area contributed by atoms with Crippen molar-refractivity contribution >= 4 is 5.91 Å². The van der Waals surface area contributed by atoms with Gasteiger partial charge in [0.25, 0.3) is 0 Å². The molecule has 0 saturated carbocycles. The van der Waals surface area contributed by atoms with Crippen LogP contribution < -0.4 is 0 Å². The van der Waals surface area contributed by atoms with Crippen LogP contribution in [0.2, 0.25) is 0 Å². The number of piperidine rings is 1. The first-order valence-corrected chi connectivity index (χ1v) is 6.30. The van der Waals surface area contributed by atoms with Crippen LogP contribution in [0.3, 0.4) is 0 Å². The molecule has 1 aromatic carbocycles. The normalized spacial score (nSPS) is 18.4. The van der Waals surface area contributed by atoms with Crippen LogP contribution >= 0.6 is 0 Å². The number of hydrogen-bond donors (Lipinski definition) is 1. The lowest BCUT2D eigenvalue weighted by Crippen LogP contribution is -2.46. The number of carbonyl (C=O) groups is 1. The summed E-state index contributed by atoms with van der Waals surface area (Å²) in [5.41, 5.74) is -0.474. The van der Waals surface area contributed by atoms with Gasteiger partial charge in [0, 0.05) is 20.2 Å². The summed E-state index contributed by atoms with van der Waals surface area (Å²) in [5.74, 6) is -0.437. The quantitative estimate of drug-likeness (QED) is 0.897. The van der Waals surface area contributed by atoms with Gasteiger partial charge in [-0.15, -0.1) is 0 Å². The van der Waals surface area contributed by atoms with Gasteiger partial charge in [0.2, 0.25) is 5.91 Å². The Bertz CT molecular complexity index is 456. The molecule has 1 heterocycles. The van der Waals surface area contributed by atoms with Gasteiger partial charge in [-0.25, -0.2) is 4.39 Å². The topological polar surface area (TPSA) is 49.8 Å². The minimum absolute atomic E-state index is 0.0540. The molecule has 0 spiro atoms. The van der Waals surface area contributed by atoms with Gasteiger partial charge in [-0.1, -0.05) is 12.1 Å². The van der Waals surface area contributed by atoms with E-state index in [0.29, 0.717) is 31.5 Å². The minimum Gasteiger partial charge on any atom is -0.385 e. The van der Waals surface area contributed by atoms with Crippen molar-refractivity contribution in [2.45, 2.75) is 18.4 Å². The van der Waals surface area contributed by atoms with Gasteiger partial charge in [-0.2, -0.15) is 0 Å². The van der Waals surface area contributed by atoms with Crippen molar-refractivity contribution in [2.75, 3.05) is 26.8 Å². The molecule has 0 radical (unpaired) electrons. The van der Waals surface area contributed by atoms with Crippen LogP contribution in [0.15, 0.2) is 24.3 Å². The molecule has 1 fully saturated rings. The molecule has 2 rings (SSSR count). The van der Waals surface area contributed by atoms with Crippen molar-refractivity contribution in [1.82, 2.24) is 4.90 Å². The fraction of sp³-hybridized carbons (Fsp3) is 0.500. The van der Waals surface area contributed by atoms with Crippen LogP contribution in [0.1, 0.15) is 18.4 Å². The molecule has 1 aliphatic rings. The van der Waals surface area contributed by atoms with Crippen molar-refractivity contribution in [3.05, 3.63) is 35.6 Å². The molecule has 5 heteroatoms. The molecule has 0 unspecified atom stereocenters. The highest BCUT2D eigenvalue weighted by molar-refractivity contribution is 5.77. The summed E-state index contributed by atoms with van der Waals surface area (Å²) in [5, 5.41) is 10.6. The molecule has 0 atom stereocenters. The molecule has 1 aromatic rings. The summed E-state index contributed by atoms with van der Waals surface area (Å²) in [4.78, 5) is 13.3. The number of halogens is 1. The lowest BCUT2D eigenvalue weighted by atomic mass is 9.84. The summed E-state index contributed by atoms with van der Waals surface area (Å²) in [7, 11) is 1.48. The zero-order valence-corrected chi connectivity index (χ0v) is 10.9. The van der Waals surface area contributed by atoms with Crippen LogP contribution in [0.25, 0.3) is 0 Å². The number of benzene rings is 1. The predicted octanol–water partition coefficient (Wildman–Crippen LogP) is 1.28. The summed E-state index contributed by atoms with van der Waals surface area (Å²) >= 11 is 0. The Hall–Kier alpha value is -1.46. The average molecular weight is 267 g/mol. The number of amides is 1. The van der Waals surface area contributed by atoms with Crippen LogP contribution in [-0.4, -0.2) is 42.7 Å². The van der Waals surface area contributed by atoms with Gasteiger partial charge in [0.15, 0.2) is 0 Å². The Labute approximate surface area is 111 Å². The monoisotopic (exact) mass is 267 g/mol. The maximum atomic E-state index is 13.2. The fourth-order valence-electron chi connectivity index (χ4n) is 2.41. The molecule has 0 aliphatic carbocycles. The highest BCUT2D eigenvalue weighted by Gasteiger charge is 2.35. The Morgan fingerprint density at radius 3 is 2.74 bits per heavy atom. The number of hydrogen-bond acceptors (Lipinski definition) is 3. The van der Waals surface area contributed by atoms with Gasteiger partial charge in [0.1, 0.15) is 12.4 Å². The first-order chi connectivity index (χ1) is 9.05. The van der Waals surface area contributed by atoms with Crippen LogP contribution in [0.5, 0.6) is 0 Å². The van der Waals surface area contributed by atoms with E-state index in [1.807, 2.05) is 0 Å². The van der Waals surface area contributed by atoms with E-state index in [2.05, 4.69) is 0 Å². The third-order valence-electron chi connectivity index (χ3n) is 3.57.